The number of hydrogen-bond donors (Lipinski definition) is 1. The van der Waals surface area contributed by atoms with Crippen LogP contribution in [0, 0.1) is 5.92 Å². The predicted octanol–water partition coefficient (Wildman–Crippen LogP) is 6.97. The van der Waals surface area contributed by atoms with Gasteiger partial charge in [-0.1, -0.05) is 76.6 Å². The molecule has 1 N–H and O–H groups in total. The predicted molar refractivity (Wildman–Crippen MR) is 125 cm³/mol. The molecule has 1 aliphatic carbocycles. The van der Waals surface area contributed by atoms with Gasteiger partial charge >= 0.3 is 5.97 Å². The molecule has 0 aromatic heterocycles. The summed E-state index contributed by atoms with van der Waals surface area (Å²) in [6, 6.07) is 9.07. The smallest absolute Gasteiger partial charge is 0.303 e. The van der Waals surface area contributed by atoms with Crippen LogP contribution in [0.15, 0.2) is 24.3 Å². The van der Waals surface area contributed by atoms with E-state index in [9.17, 15) is 9.59 Å². The van der Waals surface area contributed by atoms with Crippen molar-refractivity contribution >= 4 is 25.2 Å². The Balaban J connectivity index is 0.00000420. The number of ketones is 1. The monoisotopic (exact) mass is 420 g/mol. The zero-order valence-corrected chi connectivity index (χ0v) is 19.3. The van der Waals surface area contributed by atoms with Gasteiger partial charge in [-0.2, -0.15) is 13.5 Å². The number of rotatable bonds is 13. The van der Waals surface area contributed by atoms with Crippen LogP contribution in [0.4, 0.5) is 0 Å². The Bertz CT molecular complexity index is 611. The van der Waals surface area contributed by atoms with E-state index in [2.05, 4.69) is 38.1 Å². The van der Waals surface area contributed by atoms with Crippen molar-refractivity contribution in [2.24, 2.45) is 5.92 Å². The van der Waals surface area contributed by atoms with Crippen LogP contribution >= 0.6 is 13.5 Å². The van der Waals surface area contributed by atoms with Crippen LogP contribution < -0.4 is 0 Å². The molecule has 1 aliphatic rings. The van der Waals surface area contributed by atoms with E-state index >= 15 is 0 Å². The number of aliphatic carboxylic acids is 1. The molecule has 0 bridgehead atoms. The van der Waals surface area contributed by atoms with Crippen molar-refractivity contribution in [3.8, 4) is 0 Å². The summed E-state index contributed by atoms with van der Waals surface area (Å²) in [5, 5.41) is 8.70. The van der Waals surface area contributed by atoms with Gasteiger partial charge in [0, 0.05) is 18.8 Å². The van der Waals surface area contributed by atoms with Gasteiger partial charge < -0.3 is 5.11 Å². The van der Waals surface area contributed by atoms with Crippen molar-refractivity contribution in [1.29, 1.82) is 0 Å². The fourth-order valence-electron chi connectivity index (χ4n) is 4.60. The first-order valence-electron chi connectivity index (χ1n) is 11.4. The molecule has 0 unspecified atom stereocenters. The molecule has 2 rings (SSSR count). The maximum Gasteiger partial charge on any atom is 0.303 e. The number of unbranched alkanes of at least 4 members (excludes halogenated alkanes) is 5. The molecule has 3 nitrogen and oxygen atoms in total. The summed E-state index contributed by atoms with van der Waals surface area (Å²) in [5.74, 6) is 0.845. The Morgan fingerprint density at radius 2 is 1.76 bits per heavy atom. The van der Waals surface area contributed by atoms with Crippen LogP contribution in [0.5, 0.6) is 0 Å². The average Bonchev–Trinajstić information content (AvgIpc) is 3.05. The lowest BCUT2D eigenvalue weighted by Crippen LogP contribution is -2.13. The highest BCUT2D eigenvalue weighted by atomic mass is 32.1. The molecule has 1 saturated carbocycles. The summed E-state index contributed by atoms with van der Waals surface area (Å²) in [7, 11) is 0. The molecule has 0 saturated heterocycles. The van der Waals surface area contributed by atoms with Gasteiger partial charge in [-0.15, -0.1) is 0 Å². The van der Waals surface area contributed by atoms with Crippen LogP contribution in [-0.2, 0) is 9.59 Å². The Kier molecular flexibility index (Phi) is 12.3. The number of carbonyl (C=O) groups is 2. The highest BCUT2D eigenvalue weighted by molar-refractivity contribution is 7.59. The zero-order chi connectivity index (χ0) is 20.4. The summed E-state index contributed by atoms with van der Waals surface area (Å²) in [5.41, 5.74) is 2.74. The molecular weight excluding hydrogens is 380 g/mol. The third kappa shape index (κ3) is 8.54. The van der Waals surface area contributed by atoms with Gasteiger partial charge in [-0.05, 0) is 48.6 Å². The number of hydrogen-bond acceptors (Lipinski definition) is 2. The van der Waals surface area contributed by atoms with Gasteiger partial charge in [0.15, 0.2) is 0 Å². The minimum Gasteiger partial charge on any atom is -0.481 e. The lowest BCUT2D eigenvalue weighted by Gasteiger charge is -2.20. The number of carboxylic acids is 1. The lowest BCUT2D eigenvalue weighted by molar-refractivity contribution is -0.137. The molecule has 3 atom stereocenters. The Morgan fingerprint density at radius 3 is 2.41 bits per heavy atom. The van der Waals surface area contributed by atoms with E-state index in [1.54, 1.807) is 0 Å². The standard InChI is InChI=1S/C25H38O3.H2S/c1-3-4-7-10-19(2)20-13-15-21(16-14-20)22-17-18-24(26)23(22)11-8-5-6-9-12-25(27)28;/h13-16,19,22-23H,3-12,17-18H2,1-2H3,(H,27,28);1H2/t19-,22+,23+;/m0./s1. The second kappa shape index (κ2) is 13.8. The third-order valence-electron chi connectivity index (χ3n) is 6.43. The van der Waals surface area contributed by atoms with Gasteiger partial charge in [-0.3, -0.25) is 9.59 Å². The summed E-state index contributed by atoms with van der Waals surface area (Å²) in [6.07, 6.45) is 11.8. The number of carboxylic acid groups (broad SMARTS) is 1. The SMILES string of the molecule is CCCCC[C@H](C)c1ccc([C@H]2CCC(=O)[C@@H]2CCCCCCC(=O)O)cc1.S. The molecule has 4 heteroatoms. The van der Waals surface area contributed by atoms with Crippen molar-refractivity contribution in [3.05, 3.63) is 35.4 Å². The van der Waals surface area contributed by atoms with Crippen LogP contribution in [0.2, 0.25) is 0 Å². The van der Waals surface area contributed by atoms with Crippen LogP contribution in [0.1, 0.15) is 114 Å². The van der Waals surface area contributed by atoms with Gasteiger partial charge in [0.25, 0.3) is 0 Å². The Labute approximate surface area is 184 Å². The quantitative estimate of drug-likeness (QED) is 0.350. The first kappa shape index (κ1) is 25.7. The van der Waals surface area contributed by atoms with Crippen LogP contribution in [0.3, 0.4) is 0 Å². The lowest BCUT2D eigenvalue weighted by atomic mass is 9.84. The van der Waals surface area contributed by atoms with Gasteiger partial charge in [0.1, 0.15) is 5.78 Å². The first-order valence-corrected chi connectivity index (χ1v) is 11.4. The molecule has 1 aromatic rings. The highest BCUT2D eigenvalue weighted by Gasteiger charge is 2.34. The van der Waals surface area contributed by atoms with Crippen molar-refractivity contribution in [2.75, 3.05) is 0 Å². The summed E-state index contributed by atoms with van der Waals surface area (Å²) in [6.45, 7) is 4.56. The van der Waals surface area contributed by atoms with E-state index in [0.717, 1.165) is 38.5 Å². The zero-order valence-electron chi connectivity index (χ0n) is 18.3. The largest absolute Gasteiger partial charge is 0.481 e. The van der Waals surface area contributed by atoms with Gasteiger partial charge in [0.2, 0.25) is 0 Å². The Morgan fingerprint density at radius 1 is 1.07 bits per heavy atom. The number of Topliss-reactive ketones (excluding diaryl/α,β-unsaturated/α-hetero) is 1. The number of benzene rings is 1. The summed E-state index contributed by atoms with van der Waals surface area (Å²) < 4.78 is 0. The molecule has 0 aliphatic heterocycles. The third-order valence-corrected chi connectivity index (χ3v) is 6.43. The molecule has 1 aromatic carbocycles. The van der Waals surface area contributed by atoms with E-state index in [4.69, 9.17) is 5.11 Å². The Hall–Kier alpha value is -1.29. The van der Waals surface area contributed by atoms with E-state index in [-0.39, 0.29) is 25.8 Å². The van der Waals surface area contributed by atoms with Crippen LogP contribution in [0.25, 0.3) is 0 Å². The van der Waals surface area contributed by atoms with Gasteiger partial charge in [0.05, 0.1) is 0 Å². The maximum atomic E-state index is 12.4. The average molecular weight is 421 g/mol. The second-order valence-corrected chi connectivity index (χ2v) is 8.63. The molecule has 29 heavy (non-hydrogen) atoms. The van der Waals surface area contributed by atoms with E-state index < -0.39 is 5.97 Å². The van der Waals surface area contributed by atoms with E-state index in [1.807, 2.05) is 0 Å². The van der Waals surface area contributed by atoms with Crippen molar-refractivity contribution < 1.29 is 14.7 Å². The van der Waals surface area contributed by atoms with Crippen molar-refractivity contribution in [3.63, 3.8) is 0 Å². The second-order valence-electron chi connectivity index (χ2n) is 8.63. The molecule has 164 valence electrons. The van der Waals surface area contributed by atoms with E-state index in [0.29, 0.717) is 24.0 Å². The molecule has 0 radical (unpaired) electrons. The fourth-order valence-corrected chi connectivity index (χ4v) is 4.60. The van der Waals surface area contributed by atoms with Gasteiger partial charge in [-0.25, -0.2) is 0 Å². The molecule has 0 spiro atoms. The normalized spacial score (nSPS) is 19.7. The van der Waals surface area contributed by atoms with Crippen molar-refractivity contribution in [1.82, 2.24) is 0 Å². The fraction of sp³-hybridized carbons (Fsp3) is 0.680. The number of carbonyl (C=O) groups excluding carboxylic acids is 1. The minimum absolute atomic E-state index is 0. The summed E-state index contributed by atoms with van der Waals surface area (Å²) >= 11 is 0. The highest BCUT2D eigenvalue weighted by Crippen LogP contribution is 2.40. The molecule has 1 fully saturated rings. The van der Waals surface area contributed by atoms with Crippen molar-refractivity contribution in [2.45, 2.75) is 103 Å². The van der Waals surface area contributed by atoms with Crippen LogP contribution in [-0.4, -0.2) is 16.9 Å². The molecule has 0 amide bonds. The molecule has 0 heterocycles. The topological polar surface area (TPSA) is 54.4 Å². The molecular formula is C25H40O3S. The maximum absolute atomic E-state index is 12.4. The summed E-state index contributed by atoms with van der Waals surface area (Å²) in [4.78, 5) is 23.0. The first-order chi connectivity index (χ1) is 13.5. The van der Waals surface area contributed by atoms with E-state index in [1.165, 1.54) is 36.8 Å². The minimum atomic E-state index is -0.714.